The summed E-state index contributed by atoms with van der Waals surface area (Å²) in [5, 5.41) is 14.2. The van der Waals surface area contributed by atoms with Gasteiger partial charge in [-0.2, -0.15) is 0 Å². The second kappa shape index (κ2) is 6.52. The highest BCUT2D eigenvalue weighted by atomic mass is 35.5. The van der Waals surface area contributed by atoms with Gasteiger partial charge in [0.25, 0.3) is 0 Å². The zero-order valence-electron chi connectivity index (χ0n) is 12.0. The Morgan fingerprint density at radius 1 is 1.33 bits per heavy atom. The van der Waals surface area contributed by atoms with Crippen LogP contribution in [0.3, 0.4) is 0 Å². The zero-order chi connectivity index (χ0) is 15.5. The Hall–Kier alpha value is -1.49. The molecule has 0 bridgehead atoms. The topological polar surface area (TPSA) is 45.1 Å². The van der Waals surface area contributed by atoms with E-state index in [4.69, 9.17) is 11.6 Å². The normalized spacial score (nSPS) is 15.5. The molecule has 1 aromatic heterocycles. The Morgan fingerprint density at radius 2 is 2.00 bits per heavy atom. The van der Waals surface area contributed by atoms with E-state index in [9.17, 15) is 9.50 Å². The zero-order valence-corrected chi connectivity index (χ0v) is 12.7. The largest absolute Gasteiger partial charge is 0.384 e. The molecular formula is C16H18ClFN2O. The van der Waals surface area contributed by atoms with E-state index in [0.717, 1.165) is 5.56 Å². The van der Waals surface area contributed by atoms with Crippen LogP contribution in [0.2, 0.25) is 5.15 Å². The van der Waals surface area contributed by atoms with E-state index in [1.54, 1.807) is 31.3 Å². The van der Waals surface area contributed by atoms with Crippen LogP contribution in [0.1, 0.15) is 31.0 Å². The van der Waals surface area contributed by atoms with E-state index in [2.05, 4.69) is 10.3 Å². The molecule has 3 nitrogen and oxygen atoms in total. The van der Waals surface area contributed by atoms with E-state index >= 15 is 0 Å². The molecule has 21 heavy (non-hydrogen) atoms. The molecule has 0 radical (unpaired) electrons. The highest BCUT2D eigenvalue weighted by Gasteiger charge is 2.23. The summed E-state index contributed by atoms with van der Waals surface area (Å²) >= 11 is 5.87. The molecule has 2 rings (SSSR count). The molecule has 2 N–H and O–H groups in total. The first-order valence-electron chi connectivity index (χ1n) is 6.72. The van der Waals surface area contributed by atoms with Gasteiger partial charge in [-0.25, -0.2) is 9.37 Å². The maximum atomic E-state index is 12.9. The minimum absolute atomic E-state index is 0.0115. The number of hydrogen-bond donors (Lipinski definition) is 2. The third-order valence-electron chi connectivity index (χ3n) is 3.47. The second-order valence-electron chi connectivity index (χ2n) is 5.30. The molecule has 0 aliphatic heterocycles. The highest BCUT2D eigenvalue weighted by Crippen LogP contribution is 2.22. The van der Waals surface area contributed by atoms with E-state index in [0.29, 0.717) is 17.3 Å². The average Bonchev–Trinajstić information content (AvgIpc) is 2.45. The van der Waals surface area contributed by atoms with Crippen molar-refractivity contribution in [3.05, 3.63) is 64.7 Å². The number of hydrogen-bond acceptors (Lipinski definition) is 3. The molecule has 0 spiro atoms. The molecule has 2 unspecified atom stereocenters. The second-order valence-corrected chi connectivity index (χ2v) is 5.68. The van der Waals surface area contributed by atoms with Crippen molar-refractivity contribution in [3.8, 4) is 0 Å². The van der Waals surface area contributed by atoms with E-state index < -0.39 is 5.60 Å². The monoisotopic (exact) mass is 308 g/mol. The molecule has 0 aliphatic rings. The fourth-order valence-corrected chi connectivity index (χ4v) is 2.25. The lowest BCUT2D eigenvalue weighted by molar-refractivity contribution is 0.0543. The van der Waals surface area contributed by atoms with Gasteiger partial charge < -0.3 is 10.4 Å². The Balaban J connectivity index is 2.02. The minimum Gasteiger partial charge on any atom is -0.384 e. The summed E-state index contributed by atoms with van der Waals surface area (Å²) in [6.07, 6.45) is 1.65. The minimum atomic E-state index is -1.08. The Morgan fingerprint density at radius 3 is 2.62 bits per heavy atom. The molecule has 0 fully saturated rings. The van der Waals surface area contributed by atoms with E-state index in [1.807, 2.05) is 13.0 Å². The molecule has 0 aliphatic carbocycles. The van der Waals surface area contributed by atoms with Gasteiger partial charge in [-0.05, 0) is 49.2 Å². The molecule has 5 heteroatoms. The number of rotatable bonds is 5. The van der Waals surface area contributed by atoms with Crippen molar-refractivity contribution in [3.63, 3.8) is 0 Å². The van der Waals surface area contributed by atoms with Crippen LogP contribution in [-0.4, -0.2) is 16.6 Å². The van der Waals surface area contributed by atoms with Crippen molar-refractivity contribution in [1.29, 1.82) is 0 Å². The quantitative estimate of drug-likeness (QED) is 0.832. The molecule has 2 atom stereocenters. The van der Waals surface area contributed by atoms with Gasteiger partial charge in [0.1, 0.15) is 11.0 Å². The van der Waals surface area contributed by atoms with Crippen LogP contribution < -0.4 is 5.32 Å². The predicted molar refractivity (Wildman–Crippen MR) is 81.6 cm³/mol. The number of aliphatic hydroxyl groups is 1. The summed E-state index contributed by atoms with van der Waals surface area (Å²) < 4.78 is 12.9. The smallest absolute Gasteiger partial charge is 0.129 e. The standard InChI is InChI=1S/C16H18ClFN2O/c1-11(12-7-8-19-15(17)9-12)20-10-16(2,21)13-3-5-14(18)6-4-13/h3-9,11,20-21H,10H2,1-2H3. The van der Waals surface area contributed by atoms with Crippen LogP contribution in [0, 0.1) is 5.82 Å². The van der Waals surface area contributed by atoms with Crippen molar-refractivity contribution < 1.29 is 9.50 Å². The number of nitrogens with zero attached hydrogens (tertiary/aromatic N) is 1. The molecule has 0 saturated carbocycles. The van der Waals surface area contributed by atoms with Crippen molar-refractivity contribution in [2.45, 2.75) is 25.5 Å². The Labute approximate surface area is 128 Å². The Bertz CT molecular complexity index is 601. The first kappa shape index (κ1) is 15.9. The van der Waals surface area contributed by atoms with Crippen LogP contribution in [0.15, 0.2) is 42.6 Å². The Kier molecular flexibility index (Phi) is 4.93. The summed E-state index contributed by atoms with van der Waals surface area (Å²) in [6, 6.07) is 9.53. The average molecular weight is 309 g/mol. The van der Waals surface area contributed by atoms with Gasteiger partial charge in [0.15, 0.2) is 0 Å². The van der Waals surface area contributed by atoms with Crippen LogP contribution in [0.4, 0.5) is 4.39 Å². The lowest BCUT2D eigenvalue weighted by atomic mass is 9.95. The third kappa shape index (κ3) is 4.24. The van der Waals surface area contributed by atoms with Gasteiger partial charge in [0.2, 0.25) is 0 Å². The van der Waals surface area contributed by atoms with Crippen LogP contribution in [-0.2, 0) is 5.60 Å². The summed E-state index contributed by atoms with van der Waals surface area (Å²) in [6.45, 7) is 4.01. The number of halogens is 2. The highest BCUT2D eigenvalue weighted by molar-refractivity contribution is 6.29. The first-order chi connectivity index (χ1) is 9.88. The van der Waals surface area contributed by atoms with Crippen LogP contribution in [0.5, 0.6) is 0 Å². The fourth-order valence-electron chi connectivity index (χ4n) is 2.07. The summed E-state index contributed by atoms with van der Waals surface area (Å²) in [5.41, 5.74) is 0.569. The van der Waals surface area contributed by atoms with Gasteiger partial charge in [-0.3, -0.25) is 0 Å². The molecular weight excluding hydrogens is 291 g/mol. The van der Waals surface area contributed by atoms with Crippen molar-refractivity contribution in [1.82, 2.24) is 10.3 Å². The summed E-state index contributed by atoms with van der Waals surface area (Å²) in [5.74, 6) is -0.317. The predicted octanol–water partition coefficient (Wildman–Crippen LogP) is 3.43. The lowest BCUT2D eigenvalue weighted by Crippen LogP contribution is -2.36. The maximum Gasteiger partial charge on any atom is 0.129 e. The van der Waals surface area contributed by atoms with Gasteiger partial charge in [-0.1, -0.05) is 23.7 Å². The van der Waals surface area contributed by atoms with E-state index in [1.165, 1.54) is 12.1 Å². The SMILES string of the molecule is CC(NCC(C)(O)c1ccc(F)cc1)c1ccnc(Cl)c1. The lowest BCUT2D eigenvalue weighted by Gasteiger charge is -2.26. The van der Waals surface area contributed by atoms with Crippen LogP contribution in [0.25, 0.3) is 0 Å². The van der Waals surface area contributed by atoms with Gasteiger partial charge in [0, 0.05) is 18.8 Å². The third-order valence-corrected chi connectivity index (χ3v) is 3.68. The van der Waals surface area contributed by atoms with Crippen molar-refractivity contribution >= 4 is 11.6 Å². The number of benzene rings is 1. The number of pyridine rings is 1. The molecule has 2 aromatic rings. The number of aromatic nitrogens is 1. The van der Waals surface area contributed by atoms with Crippen molar-refractivity contribution in [2.75, 3.05) is 6.54 Å². The molecule has 1 heterocycles. The summed E-state index contributed by atoms with van der Waals surface area (Å²) in [7, 11) is 0. The molecule has 112 valence electrons. The van der Waals surface area contributed by atoms with Crippen molar-refractivity contribution in [2.24, 2.45) is 0 Å². The maximum absolute atomic E-state index is 12.9. The van der Waals surface area contributed by atoms with Crippen LogP contribution >= 0.6 is 11.6 Å². The van der Waals surface area contributed by atoms with E-state index in [-0.39, 0.29) is 11.9 Å². The molecule has 1 aromatic carbocycles. The molecule has 0 saturated heterocycles. The number of nitrogens with one attached hydrogen (secondary N) is 1. The van der Waals surface area contributed by atoms with Gasteiger partial charge >= 0.3 is 0 Å². The first-order valence-corrected chi connectivity index (χ1v) is 7.09. The van der Waals surface area contributed by atoms with Gasteiger partial charge in [0.05, 0.1) is 5.60 Å². The molecule has 0 amide bonds. The van der Waals surface area contributed by atoms with Gasteiger partial charge in [-0.15, -0.1) is 0 Å². The fraction of sp³-hybridized carbons (Fsp3) is 0.312. The summed E-state index contributed by atoms with van der Waals surface area (Å²) in [4.78, 5) is 3.94.